The van der Waals surface area contributed by atoms with Gasteiger partial charge in [0.15, 0.2) is 12.7 Å². The maximum Gasteiger partial charge on any atom is 0.451 e. The smallest absolute Gasteiger partial charge is 0.451 e. The Morgan fingerprint density at radius 3 is 2.73 bits per heavy atom. The summed E-state index contributed by atoms with van der Waals surface area (Å²) in [5, 5.41) is 13.2. The first kappa shape index (κ1) is 16.9. The van der Waals surface area contributed by atoms with Crippen molar-refractivity contribution in [3.05, 3.63) is 10.6 Å². The van der Waals surface area contributed by atoms with Crippen LogP contribution in [-0.2, 0) is 29.4 Å². The van der Waals surface area contributed by atoms with E-state index in [2.05, 4.69) is 9.84 Å². The number of aliphatic hydroxyl groups is 1. The number of nitrogens with one attached hydrogen (secondary N) is 1. The van der Waals surface area contributed by atoms with Gasteiger partial charge in [-0.2, -0.15) is 17.9 Å². The lowest BCUT2D eigenvalue weighted by Gasteiger charge is -2.18. The molecule has 22 heavy (non-hydrogen) atoms. The Morgan fingerprint density at radius 2 is 2.23 bits per heavy atom. The second kappa shape index (κ2) is 5.97. The zero-order valence-corrected chi connectivity index (χ0v) is 12.7. The maximum absolute atomic E-state index is 12.8. The minimum absolute atomic E-state index is 0.0560. The molecule has 2 N–H and O–H groups in total. The number of carbonyl (C=O) groups excluding carboxylic acids is 1. The second-order valence-corrected chi connectivity index (χ2v) is 5.51. The average molecular weight is 341 g/mol. The van der Waals surface area contributed by atoms with E-state index >= 15 is 0 Å². The number of likely N-dealkylation sites (tertiary alicyclic amines) is 1. The normalized spacial score (nSPS) is 25.5. The number of hydrogen-bond donors (Lipinski definition) is 2. The molecule has 1 fully saturated rings. The van der Waals surface area contributed by atoms with Crippen LogP contribution in [0.5, 0.6) is 0 Å². The van der Waals surface area contributed by atoms with E-state index in [1.165, 1.54) is 14.2 Å². The summed E-state index contributed by atoms with van der Waals surface area (Å²) in [5.74, 6) is -1.63. The number of alkyl halides is 3. The fourth-order valence-corrected chi connectivity index (χ4v) is 2.77. The second-order valence-electron chi connectivity index (χ2n) is 5.15. The van der Waals surface area contributed by atoms with Crippen LogP contribution in [0.25, 0.3) is 0 Å². The van der Waals surface area contributed by atoms with Crippen molar-refractivity contribution in [2.45, 2.75) is 31.4 Å². The highest BCUT2D eigenvalue weighted by Gasteiger charge is 2.42. The first-order valence-electron chi connectivity index (χ1n) is 6.46. The summed E-state index contributed by atoms with van der Waals surface area (Å²) >= 11 is 4.95. The summed E-state index contributed by atoms with van der Waals surface area (Å²) in [7, 11) is 2.40. The van der Waals surface area contributed by atoms with E-state index in [-0.39, 0.29) is 24.4 Å². The van der Waals surface area contributed by atoms with Crippen LogP contribution < -0.4 is 4.90 Å². The number of halogens is 3. The minimum Gasteiger partial charge on any atom is -0.465 e. The van der Waals surface area contributed by atoms with Gasteiger partial charge in [0, 0.05) is 13.5 Å². The van der Waals surface area contributed by atoms with Gasteiger partial charge >= 0.3 is 12.1 Å². The molecule has 0 radical (unpaired) electrons. The van der Waals surface area contributed by atoms with Gasteiger partial charge in [-0.3, -0.25) is 4.57 Å². The Morgan fingerprint density at radius 1 is 1.59 bits per heavy atom. The maximum atomic E-state index is 12.8. The molecule has 0 bridgehead atoms. The summed E-state index contributed by atoms with van der Waals surface area (Å²) in [6.07, 6.45) is -5.15. The van der Waals surface area contributed by atoms with Gasteiger partial charge in [0.05, 0.1) is 7.11 Å². The predicted octanol–water partition coefficient (Wildman–Crippen LogP) is -0.882. The van der Waals surface area contributed by atoms with Crippen LogP contribution in [0.2, 0.25) is 0 Å². The van der Waals surface area contributed by atoms with Crippen molar-refractivity contribution in [3.63, 3.8) is 0 Å². The lowest BCUT2D eigenvalue weighted by Crippen LogP contribution is -3.14. The fraction of sp³-hybridized carbons (Fsp3) is 0.727. The summed E-state index contributed by atoms with van der Waals surface area (Å²) in [4.78, 5) is 12.2. The highest BCUT2D eigenvalue weighted by Crippen LogP contribution is 2.27. The molecule has 1 aromatic rings. The quantitative estimate of drug-likeness (QED) is 0.552. The monoisotopic (exact) mass is 341 g/mol. The Balaban J connectivity index is 2.27. The van der Waals surface area contributed by atoms with E-state index in [0.29, 0.717) is 4.90 Å². The molecule has 0 amide bonds. The van der Waals surface area contributed by atoms with Gasteiger partial charge < -0.3 is 14.7 Å². The van der Waals surface area contributed by atoms with Crippen molar-refractivity contribution >= 4 is 18.2 Å². The number of esters is 1. The first-order valence-corrected chi connectivity index (χ1v) is 6.87. The van der Waals surface area contributed by atoms with Crippen molar-refractivity contribution in [2.75, 3.05) is 13.7 Å². The Kier molecular flexibility index (Phi) is 4.59. The molecule has 0 aromatic carbocycles. The third kappa shape index (κ3) is 3.15. The fourth-order valence-electron chi connectivity index (χ4n) is 2.58. The zero-order chi connectivity index (χ0) is 16.7. The average Bonchev–Trinajstić information content (AvgIpc) is 2.92. The van der Waals surface area contributed by atoms with E-state index in [0.717, 1.165) is 9.25 Å². The molecule has 1 aromatic heterocycles. The highest BCUT2D eigenvalue weighted by atomic mass is 32.1. The number of methoxy groups -OCH3 is 1. The van der Waals surface area contributed by atoms with Gasteiger partial charge in [0.2, 0.25) is 10.6 Å². The molecular weight excluding hydrogens is 325 g/mol. The molecule has 3 atom stereocenters. The minimum atomic E-state index is -4.62. The summed E-state index contributed by atoms with van der Waals surface area (Å²) in [5.41, 5.74) is 0. The first-order chi connectivity index (χ1) is 10.1. The number of quaternary nitrogens is 1. The van der Waals surface area contributed by atoms with Crippen molar-refractivity contribution in [1.82, 2.24) is 14.3 Å². The molecule has 1 saturated heterocycles. The zero-order valence-electron chi connectivity index (χ0n) is 11.9. The molecule has 1 aliphatic rings. The van der Waals surface area contributed by atoms with Crippen molar-refractivity contribution < 1.29 is 32.7 Å². The summed E-state index contributed by atoms with van der Waals surface area (Å²) in [6.45, 7) is 0.152. The third-order valence-electron chi connectivity index (χ3n) is 3.63. The van der Waals surface area contributed by atoms with E-state index in [4.69, 9.17) is 12.2 Å². The van der Waals surface area contributed by atoms with Gasteiger partial charge in [-0.15, -0.1) is 5.10 Å². The Labute approximate surface area is 128 Å². The van der Waals surface area contributed by atoms with E-state index in [9.17, 15) is 23.1 Å². The van der Waals surface area contributed by atoms with Gasteiger partial charge in [-0.25, -0.2) is 4.79 Å². The molecular formula is C11H16F3N4O3S+. The van der Waals surface area contributed by atoms with Crippen LogP contribution in [0.15, 0.2) is 0 Å². The molecule has 0 aliphatic carbocycles. The molecule has 1 unspecified atom stereocenters. The number of aliphatic hydroxyl groups excluding tert-OH is 1. The Bertz CT molecular complexity index is 627. The molecule has 11 heteroatoms. The van der Waals surface area contributed by atoms with Crippen molar-refractivity contribution in [1.29, 1.82) is 0 Å². The van der Waals surface area contributed by atoms with E-state index < -0.39 is 30.1 Å². The van der Waals surface area contributed by atoms with Crippen LogP contribution >= 0.6 is 12.2 Å². The molecule has 124 valence electrons. The number of carbonyl (C=O) groups is 1. The Hall–Kier alpha value is -1.46. The van der Waals surface area contributed by atoms with Crippen LogP contribution in [-0.4, -0.2) is 51.2 Å². The number of aromatic nitrogens is 3. The van der Waals surface area contributed by atoms with Gasteiger partial charge in [0.1, 0.15) is 12.6 Å². The lowest BCUT2D eigenvalue weighted by molar-refractivity contribution is -0.928. The molecule has 1 aliphatic heterocycles. The predicted molar refractivity (Wildman–Crippen MR) is 69.3 cm³/mol. The SMILES string of the molecule is COC(=O)[C@@H]1C[C@H](O)C[NH+]1Cn1nc(C(F)(F)F)n(C)c1=S. The summed E-state index contributed by atoms with van der Waals surface area (Å²) < 4.78 is 44.8. The third-order valence-corrected chi connectivity index (χ3v) is 4.12. The molecule has 2 heterocycles. The molecule has 2 rings (SSSR count). The van der Waals surface area contributed by atoms with Crippen LogP contribution in [0.3, 0.4) is 0 Å². The van der Waals surface area contributed by atoms with Crippen molar-refractivity contribution in [3.8, 4) is 0 Å². The van der Waals surface area contributed by atoms with E-state index in [1.807, 2.05) is 0 Å². The number of hydrogen-bond acceptors (Lipinski definition) is 5. The van der Waals surface area contributed by atoms with E-state index in [1.54, 1.807) is 0 Å². The van der Waals surface area contributed by atoms with Crippen molar-refractivity contribution in [2.24, 2.45) is 7.05 Å². The molecule has 0 saturated carbocycles. The number of nitrogens with zero attached hydrogens (tertiary/aromatic N) is 3. The topological polar surface area (TPSA) is 73.7 Å². The number of rotatable bonds is 3. The molecule has 7 nitrogen and oxygen atoms in total. The van der Waals surface area contributed by atoms with Crippen LogP contribution in [0, 0.1) is 4.77 Å². The van der Waals surface area contributed by atoms with Gasteiger partial charge in [-0.05, 0) is 12.2 Å². The number of ether oxygens (including phenoxy) is 1. The lowest BCUT2D eigenvalue weighted by atomic mass is 10.2. The van der Waals surface area contributed by atoms with Crippen LogP contribution in [0.1, 0.15) is 12.2 Å². The van der Waals surface area contributed by atoms with Gasteiger partial charge in [-0.1, -0.05) is 0 Å². The highest BCUT2D eigenvalue weighted by molar-refractivity contribution is 7.71. The van der Waals surface area contributed by atoms with Gasteiger partial charge in [0.25, 0.3) is 0 Å². The largest absolute Gasteiger partial charge is 0.465 e. The van der Waals surface area contributed by atoms with Crippen LogP contribution in [0.4, 0.5) is 13.2 Å². The summed E-state index contributed by atoms with van der Waals surface area (Å²) in [6, 6.07) is -0.654. The standard InChI is InChI=1S/C11H15F3N4O3S/c1-16-9(11(12,13)14)15-18(10(16)22)5-17-4-6(19)3-7(17)8(20)21-2/h6-7,19H,3-5H2,1-2H3/p+1/t6-,7-/m0/s1. The molecule has 0 spiro atoms.